The Labute approximate surface area is 420 Å². The molecule has 0 unspecified atom stereocenters. The van der Waals surface area contributed by atoms with Crippen molar-refractivity contribution in [3.05, 3.63) is 149 Å². The third-order valence-corrected chi connectivity index (χ3v) is 19.0. The second kappa shape index (κ2) is 17.8. The predicted octanol–water partition coefficient (Wildman–Crippen LogP) is 12.3. The molecule has 354 valence electrons. The Morgan fingerprint density at radius 3 is 1.31 bits per heavy atom. The molecule has 2 spiro atoms. The quantitative estimate of drug-likeness (QED) is 0.118. The summed E-state index contributed by atoms with van der Waals surface area (Å²) in [6.07, 6.45) is 15.0. The summed E-state index contributed by atoms with van der Waals surface area (Å²) in [6, 6.07) is 21.8. The average molecular weight is 997 g/mol. The molecule has 3 aromatic heterocycles. The fourth-order valence-corrected chi connectivity index (χ4v) is 16.3. The zero-order valence-corrected chi connectivity index (χ0v) is 41.3. The maximum absolute atomic E-state index is 14.3. The topological polar surface area (TPSA) is 175 Å². The summed E-state index contributed by atoms with van der Waals surface area (Å²) in [5.41, 5.74) is 4.85. The molecule has 5 aromatic rings. The van der Waals surface area contributed by atoms with Crippen molar-refractivity contribution in [2.75, 3.05) is 0 Å². The summed E-state index contributed by atoms with van der Waals surface area (Å²) in [4.78, 5) is 85.8. The van der Waals surface area contributed by atoms with Gasteiger partial charge in [-0.2, -0.15) is 20.3 Å². The minimum absolute atomic E-state index is 0.109. The molecule has 71 heavy (non-hydrogen) atoms. The zero-order chi connectivity index (χ0) is 49.3. The fraction of sp³-hybridized carbons (Fsp3) is 0.286. The number of fused-ring (bicyclic) bond motifs is 9. The Bertz CT molecular complexity index is 3270. The molecular formula is C56H44N4O8S3. The number of hydrogen-bond donors (Lipinski definition) is 0. The van der Waals surface area contributed by atoms with E-state index in [0.29, 0.717) is 20.9 Å². The molecule has 12 nitrogen and oxygen atoms in total. The first-order valence-corrected chi connectivity index (χ1v) is 26.2. The molecule has 0 atom stereocenters. The molecule has 0 saturated heterocycles. The molecule has 2 aliphatic heterocycles. The van der Waals surface area contributed by atoms with Gasteiger partial charge in [0.25, 0.3) is 23.6 Å². The number of ether oxygens (including phenoxy) is 2. The third kappa shape index (κ3) is 7.23. The fourth-order valence-electron chi connectivity index (χ4n) is 11.5. The van der Waals surface area contributed by atoms with Crippen LogP contribution in [0, 0.1) is 22.7 Å². The average Bonchev–Trinajstić information content (AvgIpc) is 4.15. The molecular weight excluding hydrogens is 953 g/mol. The molecule has 6 amide bonds. The Balaban J connectivity index is 0.967. The second-order valence-electron chi connectivity index (χ2n) is 18.9. The van der Waals surface area contributed by atoms with Gasteiger partial charge in [-0.3, -0.25) is 19.2 Å². The normalized spacial score (nSPS) is 20.6. The van der Waals surface area contributed by atoms with Gasteiger partial charge in [0.15, 0.2) is 0 Å². The van der Waals surface area contributed by atoms with E-state index in [1.54, 1.807) is 109 Å². The molecule has 6 aliphatic rings. The molecule has 5 heterocycles. The number of rotatable bonds is 6. The van der Waals surface area contributed by atoms with Crippen LogP contribution in [0.25, 0.3) is 31.0 Å². The van der Waals surface area contributed by atoms with E-state index in [1.807, 2.05) is 24.3 Å². The van der Waals surface area contributed by atoms with Crippen molar-refractivity contribution in [2.45, 2.75) is 102 Å². The Morgan fingerprint density at radius 2 is 0.944 bits per heavy atom. The van der Waals surface area contributed by atoms with Gasteiger partial charge in [-0.1, -0.05) is 99.2 Å². The molecule has 11 rings (SSSR count). The number of allylic oxidation sites excluding steroid dienone is 4. The summed E-state index contributed by atoms with van der Waals surface area (Å²) in [5, 5.41) is 20.4. The molecule has 2 fully saturated rings. The number of hydrogen-bond acceptors (Lipinski definition) is 13. The van der Waals surface area contributed by atoms with Crippen LogP contribution >= 0.6 is 34.0 Å². The lowest BCUT2D eigenvalue weighted by molar-refractivity contribution is -0.140. The summed E-state index contributed by atoms with van der Waals surface area (Å²) in [5.74, 6) is -3.66. The monoisotopic (exact) mass is 996 g/mol. The van der Waals surface area contributed by atoms with Gasteiger partial charge in [0.1, 0.15) is 36.5 Å². The molecule has 0 N–H and O–H groups in total. The number of carbonyl (C=O) groups is 6. The van der Waals surface area contributed by atoms with E-state index in [0.717, 1.165) is 85.1 Å². The van der Waals surface area contributed by atoms with E-state index in [9.17, 15) is 39.3 Å². The van der Waals surface area contributed by atoms with E-state index in [-0.39, 0.29) is 46.7 Å². The molecule has 0 radical (unpaired) electrons. The Hall–Kier alpha value is -7.30. The first-order chi connectivity index (χ1) is 34.4. The van der Waals surface area contributed by atoms with Crippen LogP contribution in [0.2, 0.25) is 0 Å². The van der Waals surface area contributed by atoms with Gasteiger partial charge in [0.05, 0.1) is 18.8 Å². The van der Waals surface area contributed by atoms with Crippen molar-refractivity contribution >= 4 is 101 Å². The lowest BCUT2D eigenvalue weighted by Gasteiger charge is -2.37. The number of nitrogens with zero attached hydrogens (tertiary/aromatic N) is 4. The van der Waals surface area contributed by atoms with E-state index in [2.05, 4.69) is 12.2 Å². The number of thiophene rings is 3. The highest BCUT2D eigenvalue weighted by molar-refractivity contribution is 7.39. The smallest absolute Gasteiger partial charge is 0.424 e. The van der Waals surface area contributed by atoms with Crippen molar-refractivity contribution in [2.24, 2.45) is 0 Å². The highest BCUT2D eigenvalue weighted by Crippen LogP contribution is 2.64. The van der Waals surface area contributed by atoms with Crippen molar-refractivity contribution in [3.63, 3.8) is 0 Å². The lowest BCUT2D eigenvalue weighted by Crippen LogP contribution is -2.46. The number of nitriles is 2. The van der Waals surface area contributed by atoms with Crippen LogP contribution in [0.1, 0.15) is 110 Å². The van der Waals surface area contributed by atoms with Crippen molar-refractivity contribution in [1.82, 2.24) is 9.80 Å². The number of carbonyl (C=O) groups excluding carboxylic acids is 6. The third-order valence-electron chi connectivity index (χ3n) is 15.1. The maximum atomic E-state index is 14.3. The van der Waals surface area contributed by atoms with E-state index in [1.165, 1.54) is 29.9 Å². The Morgan fingerprint density at radius 1 is 0.563 bits per heavy atom. The van der Waals surface area contributed by atoms with Crippen molar-refractivity contribution in [3.8, 4) is 12.1 Å². The van der Waals surface area contributed by atoms with Crippen LogP contribution in [0.15, 0.2) is 117 Å². The van der Waals surface area contributed by atoms with Gasteiger partial charge in [-0.05, 0) is 108 Å². The summed E-state index contributed by atoms with van der Waals surface area (Å²) in [7, 11) is 0. The maximum Gasteiger partial charge on any atom is 0.424 e. The SMILES string of the molecule is CC1=C(C#N)C(=O)N(C(=O)OCc2ccccc2)C(=O)/C1=C/C1=Cc2sc3c(sc4c5c(sc43)C=C(/C=C3/C(=O)N(C(=O)OCc4ccccc4)C(=O)C(C#N)=C3C)C53CCCCC3)c2C12CCCCC2. The Kier molecular flexibility index (Phi) is 11.6. The van der Waals surface area contributed by atoms with E-state index < -0.39 is 46.6 Å². The first-order valence-electron chi connectivity index (χ1n) is 23.7. The zero-order valence-electron chi connectivity index (χ0n) is 38.8. The van der Waals surface area contributed by atoms with Gasteiger partial charge >= 0.3 is 12.2 Å². The van der Waals surface area contributed by atoms with Gasteiger partial charge in [-0.15, -0.1) is 34.0 Å². The highest BCUT2D eigenvalue weighted by atomic mass is 32.1. The number of imide groups is 6. The minimum Gasteiger partial charge on any atom is -0.444 e. The van der Waals surface area contributed by atoms with Crippen LogP contribution < -0.4 is 0 Å². The van der Waals surface area contributed by atoms with Gasteiger partial charge in [0.2, 0.25) is 0 Å². The van der Waals surface area contributed by atoms with Crippen LogP contribution in [-0.2, 0) is 52.7 Å². The lowest BCUT2D eigenvalue weighted by atomic mass is 9.67. The number of benzene rings is 2. The van der Waals surface area contributed by atoms with Crippen LogP contribution in [0.5, 0.6) is 0 Å². The van der Waals surface area contributed by atoms with E-state index in [4.69, 9.17) is 9.47 Å². The minimum atomic E-state index is -1.14. The molecule has 15 heteroatoms. The number of amides is 6. The van der Waals surface area contributed by atoms with Crippen LogP contribution in [-0.4, -0.2) is 45.6 Å². The second-order valence-corrected chi connectivity index (χ2v) is 22.0. The van der Waals surface area contributed by atoms with Gasteiger partial charge in [0, 0.05) is 31.7 Å². The molecule has 2 saturated carbocycles. The summed E-state index contributed by atoms with van der Waals surface area (Å²) >= 11 is 5.26. The summed E-state index contributed by atoms with van der Waals surface area (Å²) < 4.78 is 15.7. The van der Waals surface area contributed by atoms with Crippen molar-refractivity contribution < 1.29 is 38.2 Å². The molecule has 4 aliphatic carbocycles. The largest absolute Gasteiger partial charge is 0.444 e. The van der Waals surface area contributed by atoms with Gasteiger partial charge in [-0.25, -0.2) is 9.59 Å². The van der Waals surface area contributed by atoms with Crippen LogP contribution in [0.3, 0.4) is 0 Å². The highest BCUT2D eigenvalue weighted by Gasteiger charge is 2.50. The predicted molar refractivity (Wildman–Crippen MR) is 270 cm³/mol. The summed E-state index contributed by atoms with van der Waals surface area (Å²) in [6.45, 7) is 2.85. The van der Waals surface area contributed by atoms with E-state index >= 15 is 0 Å². The first kappa shape index (κ1) is 46.1. The standard InChI is InChI=1S/C56H44N4O8S3/c1-31-37(49(61)59(51(63)39(31)27-57)53(65)67-29-33-15-7-3-8-16-33)23-35-25-41-43(55(35)19-11-5-12-20-55)45-47(69-41)48-46(71-45)44-42(70-48)26-36(56(44)21-13-6-14-22-56)24-38-32(2)40(28-58)52(64)60(50(38)62)54(66)68-30-34-17-9-4-10-18-34/h3-4,7-10,15-18,23-26H,5-6,11-14,19-22,29-30H2,1-2H3/b37-23+,38-24+. The van der Waals surface area contributed by atoms with Crippen LogP contribution in [0.4, 0.5) is 9.59 Å². The van der Waals surface area contributed by atoms with Gasteiger partial charge < -0.3 is 9.47 Å². The molecule has 0 bridgehead atoms. The molecule has 2 aromatic carbocycles. The van der Waals surface area contributed by atoms with Crippen molar-refractivity contribution in [1.29, 1.82) is 10.5 Å².